The Morgan fingerprint density at radius 1 is 1.07 bits per heavy atom. The first-order chi connectivity index (χ1) is 13.0. The number of benzene rings is 2. The minimum Gasteiger partial charge on any atom is -0.492 e. The zero-order valence-corrected chi connectivity index (χ0v) is 19.3. The van der Waals surface area contributed by atoms with Gasteiger partial charge in [0.05, 0.1) is 0 Å². The zero-order chi connectivity index (χ0) is 19.6. The molecule has 0 saturated carbocycles. The summed E-state index contributed by atoms with van der Waals surface area (Å²) in [5.74, 6) is 1.42. The summed E-state index contributed by atoms with van der Waals surface area (Å²) in [5.41, 5.74) is 2.15. The minimum atomic E-state index is -0.225. The molecule has 28 heavy (non-hydrogen) atoms. The molecule has 0 heterocycles. The van der Waals surface area contributed by atoms with Gasteiger partial charge in [-0.05, 0) is 49.5 Å². The number of hydrogen-bond donors (Lipinski definition) is 1. The second kappa shape index (κ2) is 12.6. The van der Waals surface area contributed by atoms with Crippen molar-refractivity contribution in [2.75, 3.05) is 41.3 Å². The van der Waals surface area contributed by atoms with Crippen molar-refractivity contribution in [1.29, 1.82) is 0 Å². The van der Waals surface area contributed by atoms with E-state index in [1.165, 1.54) is 12.1 Å². The van der Waals surface area contributed by atoms with Crippen LogP contribution in [0.5, 0.6) is 5.75 Å². The second-order valence-electron chi connectivity index (χ2n) is 6.68. The van der Waals surface area contributed by atoms with Crippen LogP contribution in [-0.4, -0.2) is 57.1 Å². The maximum absolute atomic E-state index is 13.0. The molecule has 0 spiro atoms. The maximum Gasteiger partial charge on any atom is 0.193 e. The molecule has 0 fully saturated rings. The summed E-state index contributed by atoms with van der Waals surface area (Å²) < 4.78 is 18.8. The summed E-state index contributed by atoms with van der Waals surface area (Å²) in [7, 11) is 7.76. The normalized spacial score (nSPS) is 11.1. The fourth-order valence-corrected chi connectivity index (χ4v) is 2.60. The minimum absolute atomic E-state index is 0. The molecule has 0 atom stereocenters. The summed E-state index contributed by atoms with van der Waals surface area (Å²) in [6.07, 6.45) is 0. The number of guanidine groups is 1. The van der Waals surface area contributed by atoms with Crippen LogP contribution in [0.1, 0.15) is 11.1 Å². The van der Waals surface area contributed by atoms with E-state index in [0.717, 1.165) is 29.4 Å². The first-order valence-electron chi connectivity index (χ1n) is 9.00. The van der Waals surface area contributed by atoms with Gasteiger partial charge < -0.3 is 19.9 Å². The van der Waals surface area contributed by atoms with Gasteiger partial charge in [-0.15, -0.1) is 24.0 Å². The van der Waals surface area contributed by atoms with Crippen LogP contribution < -0.4 is 10.1 Å². The Morgan fingerprint density at radius 3 is 2.43 bits per heavy atom. The van der Waals surface area contributed by atoms with Crippen LogP contribution in [0.2, 0.25) is 0 Å². The van der Waals surface area contributed by atoms with Gasteiger partial charge in [0.25, 0.3) is 0 Å². The average Bonchev–Trinajstić information content (AvgIpc) is 2.64. The standard InChI is InChI=1S/C21H29FN4O.HI/c1-23-21(26(4)16-17-8-10-19(22)11-9-17)24-15-18-6-5-7-20(14-18)27-13-12-25(2)3;/h5-11,14H,12-13,15-16H2,1-4H3,(H,23,24);1H. The van der Waals surface area contributed by atoms with Crippen molar-refractivity contribution in [1.82, 2.24) is 15.1 Å². The SMILES string of the molecule is CN=C(NCc1cccc(OCCN(C)C)c1)N(C)Cc1ccc(F)cc1.I. The molecular formula is C21H30FIN4O. The Kier molecular flexibility index (Phi) is 10.8. The predicted octanol–water partition coefficient (Wildman–Crippen LogP) is 3.59. The first-order valence-corrected chi connectivity index (χ1v) is 9.00. The Labute approximate surface area is 184 Å². The Hall–Kier alpha value is -1.87. The summed E-state index contributed by atoms with van der Waals surface area (Å²) >= 11 is 0. The van der Waals surface area contributed by atoms with Crippen molar-refractivity contribution < 1.29 is 9.13 Å². The van der Waals surface area contributed by atoms with Crippen LogP contribution in [0, 0.1) is 5.82 Å². The number of rotatable bonds is 8. The molecule has 154 valence electrons. The van der Waals surface area contributed by atoms with Crippen molar-refractivity contribution in [2.24, 2.45) is 4.99 Å². The lowest BCUT2D eigenvalue weighted by Gasteiger charge is -2.22. The lowest BCUT2D eigenvalue weighted by molar-refractivity contribution is 0.261. The molecule has 0 unspecified atom stereocenters. The molecule has 0 saturated heterocycles. The van der Waals surface area contributed by atoms with Crippen molar-refractivity contribution in [3.05, 3.63) is 65.5 Å². The van der Waals surface area contributed by atoms with Gasteiger partial charge in [-0.3, -0.25) is 4.99 Å². The van der Waals surface area contributed by atoms with Crippen LogP contribution in [0.3, 0.4) is 0 Å². The summed E-state index contributed by atoms with van der Waals surface area (Å²) in [6.45, 7) is 2.83. The number of halogens is 2. The smallest absolute Gasteiger partial charge is 0.193 e. The van der Waals surface area contributed by atoms with Crippen molar-refractivity contribution in [3.63, 3.8) is 0 Å². The van der Waals surface area contributed by atoms with Gasteiger partial charge in [0.1, 0.15) is 18.2 Å². The number of hydrogen-bond acceptors (Lipinski definition) is 3. The van der Waals surface area contributed by atoms with Gasteiger partial charge >= 0.3 is 0 Å². The highest BCUT2D eigenvalue weighted by Crippen LogP contribution is 2.13. The lowest BCUT2D eigenvalue weighted by Crippen LogP contribution is -2.38. The van der Waals surface area contributed by atoms with Crippen LogP contribution in [0.15, 0.2) is 53.5 Å². The molecule has 2 aromatic carbocycles. The number of ether oxygens (including phenoxy) is 1. The largest absolute Gasteiger partial charge is 0.492 e. The molecule has 0 aliphatic carbocycles. The fraction of sp³-hybridized carbons (Fsp3) is 0.381. The van der Waals surface area contributed by atoms with Gasteiger partial charge in [0.15, 0.2) is 5.96 Å². The molecule has 0 aliphatic rings. The van der Waals surface area contributed by atoms with E-state index in [1.807, 2.05) is 44.2 Å². The van der Waals surface area contributed by atoms with Crippen LogP contribution in [0.4, 0.5) is 4.39 Å². The molecule has 0 aromatic heterocycles. The fourth-order valence-electron chi connectivity index (χ4n) is 2.60. The molecule has 0 aliphatic heterocycles. The van der Waals surface area contributed by atoms with Gasteiger partial charge in [-0.1, -0.05) is 24.3 Å². The zero-order valence-electron chi connectivity index (χ0n) is 17.0. The van der Waals surface area contributed by atoms with Crippen molar-refractivity contribution in [2.45, 2.75) is 13.1 Å². The van der Waals surface area contributed by atoms with Gasteiger partial charge in [-0.25, -0.2) is 4.39 Å². The Bertz CT molecular complexity index is 737. The number of aliphatic imine (C=N–C) groups is 1. The molecule has 2 rings (SSSR count). The van der Waals surface area contributed by atoms with Crippen molar-refractivity contribution >= 4 is 29.9 Å². The molecule has 1 N–H and O–H groups in total. The quantitative estimate of drug-likeness (QED) is 0.342. The first kappa shape index (κ1) is 24.2. The third-order valence-electron chi connectivity index (χ3n) is 4.06. The van der Waals surface area contributed by atoms with Gasteiger partial charge in [0, 0.05) is 33.7 Å². The Balaban J connectivity index is 0.00000392. The molecule has 0 radical (unpaired) electrons. The highest BCUT2D eigenvalue weighted by molar-refractivity contribution is 14.0. The highest BCUT2D eigenvalue weighted by atomic mass is 127. The summed E-state index contributed by atoms with van der Waals surface area (Å²) in [5, 5.41) is 3.36. The van der Waals surface area contributed by atoms with Gasteiger partial charge in [-0.2, -0.15) is 0 Å². The van der Waals surface area contributed by atoms with Crippen LogP contribution >= 0.6 is 24.0 Å². The highest BCUT2D eigenvalue weighted by Gasteiger charge is 2.07. The van der Waals surface area contributed by atoms with Crippen LogP contribution in [0.25, 0.3) is 0 Å². The van der Waals surface area contributed by atoms with E-state index in [4.69, 9.17) is 4.74 Å². The lowest BCUT2D eigenvalue weighted by atomic mass is 10.2. The molecule has 0 amide bonds. The Morgan fingerprint density at radius 2 is 1.79 bits per heavy atom. The number of likely N-dealkylation sites (N-methyl/N-ethyl adjacent to an activating group) is 1. The molecule has 0 bridgehead atoms. The summed E-state index contributed by atoms with van der Waals surface area (Å²) in [6, 6.07) is 14.6. The van der Waals surface area contributed by atoms with E-state index < -0.39 is 0 Å². The molecular weight excluding hydrogens is 470 g/mol. The van der Waals surface area contributed by atoms with E-state index in [1.54, 1.807) is 19.2 Å². The van der Waals surface area contributed by atoms with Gasteiger partial charge in [0.2, 0.25) is 0 Å². The monoisotopic (exact) mass is 500 g/mol. The van der Waals surface area contributed by atoms with E-state index >= 15 is 0 Å². The van der Waals surface area contributed by atoms with E-state index in [0.29, 0.717) is 19.7 Å². The number of nitrogens with zero attached hydrogens (tertiary/aromatic N) is 3. The topological polar surface area (TPSA) is 40.1 Å². The third-order valence-corrected chi connectivity index (χ3v) is 4.06. The maximum atomic E-state index is 13.0. The predicted molar refractivity (Wildman–Crippen MR) is 124 cm³/mol. The van der Waals surface area contributed by atoms with E-state index in [9.17, 15) is 4.39 Å². The number of nitrogens with one attached hydrogen (secondary N) is 1. The summed E-state index contributed by atoms with van der Waals surface area (Å²) in [4.78, 5) is 8.42. The molecule has 7 heteroatoms. The van der Waals surface area contributed by atoms with Crippen molar-refractivity contribution in [3.8, 4) is 5.75 Å². The van der Waals surface area contributed by atoms with E-state index in [2.05, 4.69) is 21.3 Å². The molecule has 2 aromatic rings. The third kappa shape index (κ3) is 8.43. The second-order valence-corrected chi connectivity index (χ2v) is 6.68. The average molecular weight is 500 g/mol. The van der Waals surface area contributed by atoms with Crippen LogP contribution in [-0.2, 0) is 13.1 Å². The molecule has 5 nitrogen and oxygen atoms in total. The van der Waals surface area contributed by atoms with E-state index in [-0.39, 0.29) is 29.8 Å².